The molecule has 0 radical (unpaired) electrons. The molecular weight excluding hydrogens is 510 g/mol. The van der Waals surface area contributed by atoms with E-state index >= 15 is 0 Å². The van der Waals surface area contributed by atoms with E-state index in [4.69, 9.17) is 9.47 Å². The summed E-state index contributed by atoms with van der Waals surface area (Å²) in [6.45, 7) is 8.36. The molecule has 3 aromatic rings. The lowest BCUT2D eigenvalue weighted by atomic mass is 10.0. The van der Waals surface area contributed by atoms with Gasteiger partial charge in [0, 0.05) is 54.4 Å². The zero-order valence-electron chi connectivity index (χ0n) is 22.9. The minimum atomic E-state index is -0.582. The molecule has 0 atom stereocenters. The Morgan fingerprint density at radius 1 is 0.923 bits per heavy atom. The fourth-order valence-corrected chi connectivity index (χ4v) is 6.22. The Morgan fingerprint density at radius 3 is 2.62 bits per heavy atom. The van der Waals surface area contributed by atoms with Gasteiger partial charge in [-0.05, 0) is 67.4 Å². The number of fused-ring (bicyclic) bond motifs is 2. The molecule has 2 aliphatic heterocycles. The number of aryl methyl sites for hydroxylation is 1. The van der Waals surface area contributed by atoms with Crippen molar-refractivity contribution in [2.24, 2.45) is 0 Å². The van der Waals surface area contributed by atoms with Crippen LogP contribution in [0.4, 0.5) is 16.2 Å². The Kier molecular flexibility index (Phi) is 9.37. The fourth-order valence-electron chi connectivity index (χ4n) is 5.41. The number of carbonyl (C=O) groups is 2. The summed E-state index contributed by atoms with van der Waals surface area (Å²) in [5, 5.41) is 3.54. The lowest BCUT2D eigenvalue weighted by molar-refractivity contribution is -0.118. The molecule has 7 nitrogen and oxygen atoms in total. The van der Waals surface area contributed by atoms with Crippen molar-refractivity contribution < 1.29 is 19.1 Å². The summed E-state index contributed by atoms with van der Waals surface area (Å²) >= 11 is 1.81. The number of hydrogen-bond acceptors (Lipinski definition) is 7. The van der Waals surface area contributed by atoms with E-state index in [9.17, 15) is 9.59 Å². The number of carbonyl (C=O) groups excluding carboxylic acids is 2. The second-order valence-electron chi connectivity index (χ2n) is 10.3. The van der Waals surface area contributed by atoms with E-state index in [1.807, 2.05) is 18.2 Å². The lowest BCUT2D eigenvalue weighted by Gasteiger charge is -2.36. The number of ether oxygens (including phenoxy) is 2. The topological polar surface area (TPSA) is 62.3 Å². The first-order chi connectivity index (χ1) is 19.1. The number of hydrogen-bond donors (Lipinski definition) is 0. The molecule has 0 bridgehead atoms. The maximum absolute atomic E-state index is 12.7. The van der Waals surface area contributed by atoms with E-state index < -0.39 is 6.09 Å². The molecule has 0 N–H and O–H groups in total. The van der Waals surface area contributed by atoms with Gasteiger partial charge < -0.3 is 14.4 Å². The van der Waals surface area contributed by atoms with Crippen molar-refractivity contribution in [3.05, 3.63) is 53.4 Å². The van der Waals surface area contributed by atoms with Gasteiger partial charge in [0.2, 0.25) is 5.91 Å². The maximum Gasteiger partial charge on any atom is 0.421 e. The predicted molar refractivity (Wildman–Crippen MR) is 158 cm³/mol. The largest absolute Gasteiger partial charge is 0.494 e. The first kappa shape index (κ1) is 27.5. The summed E-state index contributed by atoms with van der Waals surface area (Å²) in [5.74, 6) is 0.468. The lowest BCUT2D eigenvalue weighted by Crippen LogP contribution is -2.46. The molecule has 2 aromatic carbocycles. The summed E-state index contributed by atoms with van der Waals surface area (Å²) in [6.07, 6.45) is 5.24. The van der Waals surface area contributed by atoms with Crippen molar-refractivity contribution in [1.82, 2.24) is 4.90 Å². The number of anilines is 2. The maximum atomic E-state index is 12.7. The summed E-state index contributed by atoms with van der Waals surface area (Å²) < 4.78 is 12.8. The molecule has 1 aromatic heterocycles. The quantitative estimate of drug-likeness (QED) is 0.255. The molecule has 208 valence electrons. The van der Waals surface area contributed by atoms with Gasteiger partial charge in [-0.15, -0.1) is 11.3 Å². The van der Waals surface area contributed by atoms with Gasteiger partial charge in [-0.25, -0.2) is 9.69 Å². The van der Waals surface area contributed by atoms with Crippen LogP contribution in [0.5, 0.6) is 5.75 Å². The van der Waals surface area contributed by atoms with Crippen LogP contribution in [0.1, 0.15) is 51.0 Å². The number of unbranched alkanes of at least 4 members (excludes halogenated alkanes) is 3. The molecule has 39 heavy (non-hydrogen) atoms. The van der Waals surface area contributed by atoms with Crippen LogP contribution in [-0.4, -0.2) is 62.8 Å². The Morgan fingerprint density at radius 2 is 1.77 bits per heavy atom. The second kappa shape index (κ2) is 13.3. The van der Waals surface area contributed by atoms with Crippen molar-refractivity contribution >= 4 is 44.8 Å². The molecule has 3 heterocycles. The second-order valence-corrected chi connectivity index (χ2v) is 11.3. The summed E-state index contributed by atoms with van der Waals surface area (Å²) in [5.41, 5.74) is 2.93. The highest BCUT2D eigenvalue weighted by Gasteiger charge is 2.31. The smallest absolute Gasteiger partial charge is 0.421 e. The van der Waals surface area contributed by atoms with Crippen LogP contribution in [-0.2, 0) is 16.0 Å². The average molecular weight is 550 g/mol. The van der Waals surface area contributed by atoms with Gasteiger partial charge in [0.15, 0.2) is 0 Å². The van der Waals surface area contributed by atoms with Gasteiger partial charge in [0.25, 0.3) is 0 Å². The molecule has 8 heteroatoms. The highest BCUT2D eigenvalue weighted by Crippen LogP contribution is 2.33. The molecule has 1 fully saturated rings. The van der Waals surface area contributed by atoms with Gasteiger partial charge in [0.05, 0.1) is 18.9 Å². The van der Waals surface area contributed by atoms with Crippen molar-refractivity contribution in [2.45, 2.75) is 51.9 Å². The third-order valence-corrected chi connectivity index (χ3v) is 8.52. The Bertz CT molecular complexity index is 1270. The molecule has 2 amide bonds. The average Bonchev–Trinajstić information content (AvgIpc) is 3.45. The molecule has 2 aliphatic rings. The van der Waals surface area contributed by atoms with E-state index in [0.717, 1.165) is 70.4 Å². The Labute approximate surface area is 235 Å². The SMILES string of the molecule is CCCCCOC(=O)N1C(=O)CCc2ccc(OCCCCN3CCN(c4cccc5sccc45)CC3)cc21. The Hall–Kier alpha value is -3.10. The van der Waals surface area contributed by atoms with Crippen molar-refractivity contribution in [3.63, 3.8) is 0 Å². The molecule has 0 saturated carbocycles. The number of nitrogens with zero attached hydrogens (tertiary/aromatic N) is 3. The number of piperazine rings is 1. The number of benzene rings is 2. The molecule has 1 saturated heterocycles. The predicted octanol–water partition coefficient (Wildman–Crippen LogP) is 6.49. The van der Waals surface area contributed by atoms with Crippen molar-refractivity contribution in [1.29, 1.82) is 0 Å². The molecule has 0 spiro atoms. The third kappa shape index (κ3) is 6.73. The number of imide groups is 1. The van der Waals surface area contributed by atoms with E-state index in [-0.39, 0.29) is 5.91 Å². The summed E-state index contributed by atoms with van der Waals surface area (Å²) in [6, 6.07) is 14.6. The zero-order valence-corrected chi connectivity index (χ0v) is 23.7. The third-order valence-electron chi connectivity index (χ3n) is 7.63. The van der Waals surface area contributed by atoms with Gasteiger partial charge in [-0.1, -0.05) is 31.9 Å². The highest BCUT2D eigenvalue weighted by molar-refractivity contribution is 7.17. The van der Waals surface area contributed by atoms with Crippen molar-refractivity contribution in [2.75, 3.05) is 55.7 Å². The molecule has 0 unspecified atom stereocenters. The first-order valence-corrected chi connectivity index (χ1v) is 15.2. The Balaban J connectivity index is 1.06. The van der Waals surface area contributed by atoms with Gasteiger partial charge in [0.1, 0.15) is 5.75 Å². The highest BCUT2D eigenvalue weighted by atomic mass is 32.1. The van der Waals surface area contributed by atoms with E-state index in [0.29, 0.717) is 37.5 Å². The number of thiophene rings is 1. The molecule has 5 rings (SSSR count). The van der Waals surface area contributed by atoms with Crippen LogP contribution in [0.2, 0.25) is 0 Å². The minimum absolute atomic E-state index is 0.216. The zero-order chi connectivity index (χ0) is 27.0. The van der Waals surface area contributed by atoms with Gasteiger partial charge in [-0.3, -0.25) is 9.69 Å². The first-order valence-electron chi connectivity index (χ1n) is 14.3. The van der Waals surface area contributed by atoms with Crippen LogP contribution < -0.4 is 14.5 Å². The fraction of sp³-hybridized carbons (Fsp3) is 0.484. The number of amides is 2. The van der Waals surface area contributed by atoms with E-state index in [2.05, 4.69) is 46.4 Å². The number of rotatable bonds is 11. The van der Waals surface area contributed by atoms with E-state index in [1.165, 1.54) is 20.7 Å². The van der Waals surface area contributed by atoms with Crippen LogP contribution in [0, 0.1) is 0 Å². The van der Waals surface area contributed by atoms with Crippen molar-refractivity contribution in [3.8, 4) is 5.75 Å². The van der Waals surface area contributed by atoms with Gasteiger partial charge in [-0.2, -0.15) is 0 Å². The molecule has 0 aliphatic carbocycles. The standard InChI is InChI=1S/C31H39N3O4S/c1-2-3-5-21-38-31(36)34-28-23-25(12-10-24(28)11-13-30(34)35)37-20-6-4-15-32-16-18-33(19-17-32)27-8-7-9-29-26(27)14-22-39-29/h7-10,12,14,22-23H,2-6,11,13,15-21H2,1H3. The summed E-state index contributed by atoms with van der Waals surface area (Å²) in [7, 11) is 0. The van der Waals surface area contributed by atoms with Crippen LogP contribution in [0.15, 0.2) is 47.8 Å². The van der Waals surface area contributed by atoms with Crippen LogP contribution >= 0.6 is 11.3 Å². The van der Waals surface area contributed by atoms with Crippen LogP contribution in [0.3, 0.4) is 0 Å². The minimum Gasteiger partial charge on any atom is -0.494 e. The normalized spacial score (nSPS) is 16.0. The van der Waals surface area contributed by atoms with Crippen LogP contribution in [0.25, 0.3) is 10.1 Å². The molecular formula is C31H39N3O4S. The van der Waals surface area contributed by atoms with E-state index in [1.54, 1.807) is 11.3 Å². The van der Waals surface area contributed by atoms with Gasteiger partial charge >= 0.3 is 6.09 Å². The summed E-state index contributed by atoms with van der Waals surface area (Å²) in [4.78, 5) is 31.5. The monoisotopic (exact) mass is 549 g/mol.